The first-order chi connectivity index (χ1) is 11.7. The number of rotatable bonds is 3. The Morgan fingerprint density at radius 1 is 1.24 bits per heavy atom. The maximum atomic E-state index is 13.0. The van der Waals surface area contributed by atoms with Crippen LogP contribution in [0.4, 0.5) is 9.18 Å². The van der Waals surface area contributed by atoms with Crippen molar-refractivity contribution in [2.45, 2.75) is 52.1 Å². The van der Waals surface area contributed by atoms with Gasteiger partial charge < -0.3 is 15.5 Å². The molecule has 0 aromatic heterocycles. The molecule has 0 saturated carbocycles. The number of halogens is 1. The van der Waals surface area contributed by atoms with Gasteiger partial charge in [0.1, 0.15) is 5.82 Å². The summed E-state index contributed by atoms with van der Waals surface area (Å²) >= 11 is 0. The molecule has 2 atom stereocenters. The molecule has 0 spiro atoms. The number of amides is 3. The lowest BCUT2D eigenvalue weighted by Crippen LogP contribution is -2.53. The minimum atomic E-state index is -0.351. The Balaban J connectivity index is 1.94. The third-order valence-electron chi connectivity index (χ3n) is 4.39. The molecule has 0 radical (unpaired) electrons. The molecule has 5 nitrogen and oxygen atoms in total. The number of carbonyl (C=O) groups is 2. The Morgan fingerprint density at radius 3 is 2.48 bits per heavy atom. The van der Waals surface area contributed by atoms with E-state index in [1.807, 2.05) is 27.7 Å². The topological polar surface area (TPSA) is 61.4 Å². The number of nitrogens with zero attached hydrogens (tertiary/aromatic N) is 1. The fraction of sp³-hybridized carbons (Fsp3) is 0.579. The summed E-state index contributed by atoms with van der Waals surface area (Å²) in [5.41, 5.74) is 0.203. The van der Waals surface area contributed by atoms with Crippen LogP contribution in [0.3, 0.4) is 0 Å². The van der Waals surface area contributed by atoms with E-state index >= 15 is 0 Å². The van der Waals surface area contributed by atoms with E-state index in [-0.39, 0.29) is 35.3 Å². The predicted octanol–water partition coefficient (Wildman–Crippen LogP) is 3.16. The van der Waals surface area contributed by atoms with E-state index in [9.17, 15) is 14.0 Å². The van der Waals surface area contributed by atoms with Gasteiger partial charge in [-0.2, -0.15) is 0 Å². The Hall–Kier alpha value is -2.11. The van der Waals surface area contributed by atoms with Crippen LogP contribution < -0.4 is 10.6 Å². The molecule has 0 aliphatic carbocycles. The summed E-state index contributed by atoms with van der Waals surface area (Å²) < 4.78 is 13.0. The van der Waals surface area contributed by atoms with Crippen molar-refractivity contribution < 1.29 is 14.0 Å². The highest BCUT2D eigenvalue weighted by molar-refractivity contribution is 5.94. The molecule has 1 aliphatic rings. The smallest absolute Gasteiger partial charge is 0.315 e. The van der Waals surface area contributed by atoms with E-state index < -0.39 is 0 Å². The molecule has 0 unspecified atom stereocenters. The minimum Gasteiger partial charge on any atom is -0.338 e. The highest BCUT2D eigenvalue weighted by Gasteiger charge is 2.29. The molecule has 3 amide bonds. The second kappa shape index (κ2) is 7.85. The van der Waals surface area contributed by atoms with Crippen molar-refractivity contribution in [3.05, 3.63) is 35.6 Å². The minimum absolute atomic E-state index is 0.0360. The van der Waals surface area contributed by atoms with Crippen molar-refractivity contribution in [1.82, 2.24) is 15.5 Å². The second-order valence-electron chi connectivity index (χ2n) is 7.80. The van der Waals surface area contributed by atoms with E-state index in [4.69, 9.17) is 0 Å². The average molecular weight is 349 g/mol. The third kappa shape index (κ3) is 5.73. The Kier molecular flexibility index (Phi) is 6.03. The first kappa shape index (κ1) is 19.2. The number of benzene rings is 1. The molecule has 1 heterocycles. The zero-order valence-electron chi connectivity index (χ0n) is 15.4. The summed E-state index contributed by atoms with van der Waals surface area (Å²) in [6.07, 6.45) is 1.86. The maximum Gasteiger partial charge on any atom is 0.315 e. The lowest BCUT2D eigenvalue weighted by Gasteiger charge is -2.36. The van der Waals surface area contributed by atoms with Gasteiger partial charge in [0, 0.05) is 30.2 Å². The Morgan fingerprint density at radius 2 is 1.88 bits per heavy atom. The van der Waals surface area contributed by atoms with Crippen LogP contribution in [0.1, 0.15) is 50.9 Å². The number of carbonyl (C=O) groups excluding carboxylic acids is 2. The Labute approximate surface area is 149 Å². The maximum absolute atomic E-state index is 13.0. The van der Waals surface area contributed by atoms with E-state index in [1.165, 1.54) is 24.3 Å². The molecule has 138 valence electrons. The molecule has 1 aromatic rings. The van der Waals surface area contributed by atoms with E-state index in [1.54, 1.807) is 4.90 Å². The molecule has 1 saturated heterocycles. The van der Waals surface area contributed by atoms with Gasteiger partial charge in [-0.1, -0.05) is 0 Å². The van der Waals surface area contributed by atoms with Gasteiger partial charge in [0.25, 0.3) is 5.91 Å². The zero-order valence-corrected chi connectivity index (χ0v) is 15.4. The highest BCUT2D eigenvalue weighted by Crippen LogP contribution is 2.21. The number of hydrogen-bond donors (Lipinski definition) is 2. The molecular weight excluding hydrogens is 321 g/mol. The molecule has 1 aliphatic heterocycles. The second-order valence-corrected chi connectivity index (χ2v) is 7.80. The van der Waals surface area contributed by atoms with Gasteiger partial charge in [-0.15, -0.1) is 0 Å². The van der Waals surface area contributed by atoms with Crippen LogP contribution in [-0.2, 0) is 0 Å². The lowest BCUT2D eigenvalue weighted by atomic mass is 9.91. The van der Waals surface area contributed by atoms with Gasteiger partial charge in [-0.3, -0.25) is 4.79 Å². The fourth-order valence-corrected chi connectivity index (χ4v) is 3.08. The van der Waals surface area contributed by atoms with Gasteiger partial charge in [-0.05, 0) is 70.7 Å². The summed E-state index contributed by atoms with van der Waals surface area (Å²) in [7, 11) is 0. The number of piperidine rings is 1. The van der Waals surface area contributed by atoms with Gasteiger partial charge in [0.2, 0.25) is 0 Å². The normalized spacial score (nSPS) is 19.2. The van der Waals surface area contributed by atoms with Crippen LogP contribution in [0, 0.1) is 11.7 Å². The van der Waals surface area contributed by atoms with Crippen molar-refractivity contribution in [2.24, 2.45) is 5.92 Å². The van der Waals surface area contributed by atoms with Gasteiger partial charge >= 0.3 is 6.03 Å². The fourth-order valence-electron chi connectivity index (χ4n) is 3.08. The first-order valence-electron chi connectivity index (χ1n) is 8.79. The number of nitrogens with one attached hydrogen (secondary N) is 2. The quantitative estimate of drug-likeness (QED) is 0.880. The van der Waals surface area contributed by atoms with Crippen molar-refractivity contribution >= 4 is 11.9 Å². The molecule has 1 aromatic carbocycles. The van der Waals surface area contributed by atoms with Crippen molar-refractivity contribution in [3.63, 3.8) is 0 Å². The molecular formula is C19H28FN3O2. The van der Waals surface area contributed by atoms with Crippen LogP contribution >= 0.6 is 0 Å². The molecule has 2 rings (SSSR count). The largest absolute Gasteiger partial charge is 0.338 e. The van der Waals surface area contributed by atoms with Gasteiger partial charge in [0.05, 0.1) is 0 Å². The van der Waals surface area contributed by atoms with Crippen LogP contribution in [0.25, 0.3) is 0 Å². The standard InChI is InChI=1S/C19H28FN3O2/c1-13(21-18(25)22-19(2,3)4)15-6-5-11-23(12-15)17(24)14-7-9-16(20)10-8-14/h7-10,13,15H,5-6,11-12H2,1-4H3,(H2,21,22,25)/t13-,15+/m1/s1. The predicted molar refractivity (Wildman–Crippen MR) is 95.9 cm³/mol. The number of likely N-dealkylation sites (tertiary alicyclic amines) is 1. The molecule has 1 fully saturated rings. The third-order valence-corrected chi connectivity index (χ3v) is 4.39. The van der Waals surface area contributed by atoms with Crippen LogP contribution in [0.15, 0.2) is 24.3 Å². The zero-order chi connectivity index (χ0) is 18.6. The number of urea groups is 1. The average Bonchev–Trinajstić information content (AvgIpc) is 2.53. The van der Waals surface area contributed by atoms with Gasteiger partial charge in [0.15, 0.2) is 0 Å². The van der Waals surface area contributed by atoms with E-state index in [2.05, 4.69) is 10.6 Å². The molecule has 25 heavy (non-hydrogen) atoms. The van der Waals surface area contributed by atoms with Crippen molar-refractivity contribution in [2.75, 3.05) is 13.1 Å². The summed E-state index contributed by atoms with van der Waals surface area (Å²) in [6, 6.07) is 5.40. The first-order valence-corrected chi connectivity index (χ1v) is 8.79. The highest BCUT2D eigenvalue weighted by atomic mass is 19.1. The van der Waals surface area contributed by atoms with E-state index in [0.717, 1.165) is 12.8 Å². The van der Waals surface area contributed by atoms with Crippen molar-refractivity contribution in [1.29, 1.82) is 0 Å². The lowest BCUT2D eigenvalue weighted by molar-refractivity contribution is 0.0654. The van der Waals surface area contributed by atoms with E-state index in [0.29, 0.717) is 18.7 Å². The number of hydrogen-bond acceptors (Lipinski definition) is 2. The summed E-state index contributed by atoms with van der Waals surface area (Å²) in [6.45, 7) is 9.04. The summed E-state index contributed by atoms with van der Waals surface area (Å²) in [5, 5.41) is 5.86. The molecule has 0 bridgehead atoms. The Bertz CT molecular complexity index is 610. The monoisotopic (exact) mass is 349 g/mol. The van der Waals surface area contributed by atoms with Crippen LogP contribution in [0.5, 0.6) is 0 Å². The van der Waals surface area contributed by atoms with Crippen molar-refractivity contribution in [3.8, 4) is 0 Å². The van der Waals surface area contributed by atoms with Crippen LogP contribution in [0.2, 0.25) is 0 Å². The molecule has 6 heteroatoms. The summed E-state index contributed by atoms with van der Waals surface area (Å²) in [4.78, 5) is 26.4. The molecule has 2 N–H and O–H groups in total. The SMILES string of the molecule is C[C@@H](NC(=O)NC(C)(C)C)[C@H]1CCCN(C(=O)c2ccc(F)cc2)C1. The van der Waals surface area contributed by atoms with Gasteiger partial charge in [-0.25, -0.2) is 9.18 Å². The summed E-state index contributed by atoms with van der Waals surface area (Å²) in [5.74, 6) is -0.240. The van der Waals surface area contributed by atoms with Crippen LogP contribution in [-0.4, -0.2) is 41.5 Å².